The Morgan fingerprint density at radius 3 is 2.74 bits per heavy atom. The third-order valence-electron chi connectivity index (χ3n) is 4.22. The molecule has 0 spiro atoms. The first-order valence-corrected chi connectivity index (χ1v) is 9.66. The first-order chi connectivity index (χ1) is 12.9. The summed E-state index contributed by atoms with van der Waals surface area (Å²) >= 11 is 7.35. The lowest BCUT2D eigenvalue weighted by molar-refractivity contribution is -0.384. The fourth-order valence-corrected chi connectivity index (χ4v) is 4.24. The molecular weight excluding hydrogens is 392 g/mol. The fraction of sp³-hybridized carbons (Fsp3) is 0.333. The van der Waals surface area contributed by atoms with Gasteiger partial charge in [0.15, 0.2) is 6.61 Å². The van der Waals surface area contributed by atoms with Crippen molar-refractivity contribution in [2.75, 3.05) is 11.9 Å². The molecule has 0 unspecified atom stereocenters. The smallest absolute Gasteiger partial charge is 0.348 e. The number of hydrogen-bond acceptors (Lipinski definition) is 6. The van der Waals surface area contributed by atoms with Gasteiger partial charge in [0.05, 0.1) is 15.6 Å². The van der Waals surface area contributed by atoms with Gasteiger partial charge in [-0.05, 0) is 43.4 Å². The largest absolute Gasteiger partial charge is 0.451 e. The average Bonchev–Trinajstić information content (AvgIpc) is 2.92. The molecule has 1 heterocycles. The number of halogens is 1. The SMILES string of the molecule is O=C(COC(=O)c1cc2c(s1)CCCCC2)Nc1ccc([N+](=O)[O-])cc1Cl. The lowest BCUT2D eigenvalue weighted by atomic mass is 10.1. The second kappa shape index (κ2) is 8.49. The monoisotopic (exact) mass is 408 g/mol. The van der Waals surface area contributed by atoms with Crippen LogP contribution in [-0.2, 0) is 22.4 Å². The molecule has 1 aromatic heterocycles. The highest BCUT2D eigenvalue weighted by atomic mass is 35.5. The van der Waals surface area contributed by atoms with Crippen molar-refractivity contribution in [2.24, 2.45) is 0 Å². The van der Waals surface area contributed by atoms with E-state index in [9.17, 15) is 19.7 Å². The average molecular weight is 409 g/mol. The molecular formula is C18H17ClN2O5S. The van der Waals surface area contributed by atoms with Crippen molar-refractivity contribution in [1.82, 2.24) is 0 Å². The zero-order valence-corrected chi connectivity index (χ0v) is 15.9. The van der Waals surface area contributed by atoms with Gasteiger partial charge in [-0.3, -0.25) is 14.9 Å². The number of esters is 1. The number of amides is 1. The summed E-state index contributed by atoms with van der Waals surface area (Å²) in [7, 11) is 0. The standard InChI is InChI=1S/C18H17ClN2O5S/c19-13-9-12(21(24)25)6-7-14(13)20-17(22)10-26-18(23)16-8-11-4-2-1-3-5-15(11)27-16/h6-9H,1-5,10H2,(H,20,22). The summed E-state index contributed by atoms with van der Waals surface area (Å²) in [4.78, 5) is 36.0. The predicted octanol–water partition coefficient (Wildman–Crippen LogP) is 4.37. The van der Waals surface area contributed by atoms with Gasteiger partial charge >= 0.3 is 5.97 Å². The number of nitrogens with one attached hydrogen (secondary N) is 1. The molecule has 0 saturated heterocycles. The van der Waals surface area contributed by atoms with Crippen LogP contribution in [-0.4, -0.2) is 23.4 Å². The van der Waals surface area contributed by atoms with E-state index in [-0.39, 0.29) is 16.4 Å². The second-order valence-corrected chi connectivity index (χ2v) is 7.71. The number of thiophene rings is 1. The molecule has 7 nitrogen and oxygen atoms in total. The Labute approximate surface area is 164 Å². The van der Waals surface area contributed by atoms with Crippen molar-refractivity contribution in [3.05, 3.63) is 54.7 Å². The maximum atomic E-state index is 12.2. The van der Waals surface area contributed by atoms with Crippen LogP contribution in [0.3, 0.4) is 0 Å². The van der Waals surface area contributed by atoms with E-state index < -0.39 is 23.4 Å². The summed E-state index contributed by atoms with van der Waals surface area (Å²) in [6.45, 7) is -0.464. The number of ether oxygens (including phenoxy) is 1. The van der Waals surface area contributed by atoms with E-state index in [0.29, 0.717) is 4.88 Å². The zero-order valence-electron chi connectivity index (χ0n) is 14.3. The molecule has 0 saturated carbocycles. The van der Waals surface area contributed by atoms with E-state index in [1.807, 2.05) is 6.07 Å². The molecule has 1 aliphatic carbocycles. The molecule has 1 N–H and O–H groups in total. The zero-order chi connectivity index (χ0) is 19.4. The van der Waals surface area contributed by atoms with E-state index in [0.717, 1.165) is 31.7 Å². The van der Waals surface area contributed by atoms with E-state index in [1.54, 1.807) is 0 Å². The Morgan fingerprint density at radius 1 is 1.22 bits per heavy atom. The molecule has 0 atom stereocenters. The molecule has 0 aliphatic heterocycles. The Hall–Kier alpha value is -2.45. The lowest BCUT2D eigenvalue weighted by Crippen LogP contribution is -2.20. The van der Waals surface area contributed by atoms with Crippen molar-refractivity contribution < 1.29 is 19.2 Å². The summed E-state index contributed by atoms with van der Waals surface area (Å²) < 4.78 is 5.08. The topological polar surface area (TPSA) is 98.5 Å². The van der Waals surface area contributed by atoms with Crippen LogP contribution in [0.4, 0.5) is 11.4 Å². The van der Waals surface area contributed by atoms with Gasteiger partial charge < -0.3 is 10.1 Å². The van der Waals surface area contributed by atoms with Crippen LogP contribution < -0.4 is 5.32 Å². The number of anilines is 1. The van der Waals surface area contributed by atoms with E-state index in [4.69, 9.17) is 16.3 Å². The van der Waals surface area contributed by atoms with Crippen LogP contribution in [0.2, 0.25) is 5.02 Å². The van der Waals surface area contributed by atoms with Crippen LogP contribution in [0.15, 0.2) is 24.3 Å². The number of benzene rings is 1. The van der Waals surface area contributed by atoms with E-state index >= 15 is 0 Å². The summed E-state index contributed by atoms with van der Waals surface area (Å²) in [5.41, 5.74) is 1.24. The Morgan fingerprint density at radius 2 is 2.00 bits per heavy atom. The molecule has 142 valence electrons. The lowest BCUT2D eigenvalue weighted by Gasteiger charge is -2.07. The molecule has 3 rings (SSSR count). The van der Waals surface area contributed by atoms with Gasteiger partial charge in [-0.25, -0.2) is 4.79 Å². The quantitative estimate of drug-likeness (QED) is 0.342. The molecule has 9 heteroatoms. The number of rotatable bonds is 5. The molecule has 1 aromatic carbocycles. The second-order valence-electron chi connectivity index (χ2n) is 6.17. The predicted molar refractivity (Wildman–Crippen MR) is 103 cm³/mol. The van der Waals surface area contributed by atoms with Gasteiger partial charge in [-0.1, -0.05) is 18.0 Å². The Balaban J connectivity index is 1.56. The van der Waals surface area contributed by atoms with Gasteiger partial charge in [-0.15, -0.1) is 11.3 Å². The minimum atomic E-state index is -0.581. The number of fused-ring (bicyclic) bond motifs is 1. The summed E-state index contributed by atoms with van der Waals surface area (Å²) in [5, 5.41) is 13.2. The van der Waals surface area contributed by atoms with E-state index in [1.165, 1.54) is 40.3 Å². The van der Waals surface area contributed by atoms with Crippen LogP contribution in [0, 0.1) is 10.1 Å². The van der Waals surface area contributed by atoms with Crippen LogP contribution in [0.25, 0.3) is 0 Å². The van der Waals surface area contributed by atoms with Crippen molar-refractivity contribution in [3.63, 3.8) is 0 Å². The molecule has 2 aromatic rings. The maximum absolute atomic E-state index is 12.2. The van der Waals surface area contributed by atoms with Crippen molar-refractivity contribution in [2.45, 2.75) is 32.1 Å². The van der Waals surface area contributed by atoms with Gasteiger partial charge in [0.1, 0.15) is 4.88 Å². The number of nitro groups is 1. The van der Waals surface area contributed by atoms with Gasteiger partial charge in [0.25, 0.3) is 11.6 Å². The van der Waals surface area contributed by atoms with Crippen molar-refractivity contribution in [3.8, 4) is 0 Å². The normalized spacial score (nSPS) is 13.4. The number of nitro benzene ring substituents is 1. The Kier molecular flexibility index (Phi) is 6.08. The first kappa shape index (κ1) is 19.3. The molecule has 1 amide bonds. The fourth-order valence-electron chi connectivity index (χ4n) is 2.88. The first-order valence-electron chi connectivity index (χ1n) is 8.46. The summed E-state index contributed by atoms with van der Waals surface area (Å²) in [6, 6.07) is 5.56. The third kappa shape index (κ3) is 4.84. The highest BCUT2D eigenvalue weighted by Crippen LogP contribution is 2.29. The molecule has 0 radical (unpaired) electrons. The van der Waals surface area contributed by atoms with Crippen LogP contribution in [0.1, 0.15) is 39.4 Å². The summed E-state index contributed by atoms with van der Waals surface area (Å²) in [6.07, 6.45) is 5.40. The number of nitrogens with zero attached hydrogens (tertiary/aromatic N) is 1. The van der Waals surface area contributed by atoms with Crippen LogP contribution >= 0.6 is 22.9 Å². The highest BCUT2D eigenvalue weighted by Gasteiger charge is 2.19. The van der Waals surface area contributed by atoms with Gasteiger partial charge in [0.2, 0.25) is 0 Å². The number of carbonyl (C=O) groups is 2. The van der Waals surface area contributed by atoms with E-state index in [2.05, 4.69) is 5.32 Å². The number of non-ortho nitro benzene ring substituents is 1. The summed E-state index contributed by atoms with van der Waals surface area (Å²) in [5.74, 6) is -1.10. The molecule has 1 aliphatic rings. The Bertz CT molecular complexity index is 872. The molecule has 0 bridgehead atoms. The van der Waals surface area contributed by atoms with Gasteiger partial charge in [0, 0.05) is 17.0 Å². The maximum Gasteiger partial charge on any atom is 0.348 e. The van der Waals surface area contributed by atoms with Crippen LogP contribution in [0.5, 0.6) is 0 Å². The van der Waals surface area contributed by atoms with Crippen molar-refractivity contribution >= 4 is 46.2 Å². The highest BCUT2D eigenvalue weighted by molar-refractivity contribution is 7.14. The van der Waals surface area contributed by atoms with Crippen molar-refractivity contribution in [1.29, 1.82) is 0 Å². The number of carbonyl (C=O) groups excluding carboxylic acids is 2. The minimum absolute atomic E-state index is 0.0332. The van der Waals surface area contributed by atoms with Gasteiger partial charge in [-0.2, -0.15) is 0 Å². The molecule has 0 fully saturated rings. The number of aryl methyl sites for hydroxylation is 2. The third-order valence-corrected chi connectivity index (χ3v) is 5.75. The number of hydrogen-bond donors (Lipinski definition) is 1. The minimum Gasteiger partial charge on any atom is -0.451 e. The molecule has 27 heavy (non-hydrogen) atoms.